The first-order valence-corrected chi connectivity index (χ1v) is 4.32. The Morgan fingerprint density at radius 3 is 2.79 bits per heavy atom. The molecule has 0 aliphatic carbocycles. The average molecular weight is 188 g/mol. The van der Waals surface area contributed by atoms with Gasteiger partial charge in [0, 0.05) is 11.8 Å². The van der Waals surface area contributed by atoms with Gasteiger partial charge in [0.1, 0.15) is 0 Å². The van der Waals surface area contributed by atoms with Crippen molar-refractivity contribution in [3.8, 4) is 11.5 Å². The van der Waals surface area contributed by atoms with Crippen molar-refractivity contribution in [1.82, 2.24) is 5.43 Å². The van der Waals surface area contributed by atoms with Crippen molar-refractivity contribution in [3.63, 3.8) is 0 Å². The summed E-state index contributed by atoms with van der Waals surface area (Å²) in [5.74, 6) is 1.58. The molecule has 0 spiro atoms. The van der Waals surface area contributed by atoms with Gasteiger partial charge in [0.15, 0.2) is 11.5 Å². The van der Waals surface area contributed by atoms with Crippen molar-refractivity contribution >= 4 is 12.3 Å². The number of hydrogen-bond acceptors (Lipinski definition) is 4. The molecule has 1 N–H and O–H groups in total. The standard InChI is InChI=1S/C10H8N2O2/c1-2-11-12-5-8-4-10-9(3-7(1)8)13-6-14-10/h1-5,11H,6H2. The lowest BCUT2D eigenvalue weighted by Crippen LogP contribution is -1.93. The van der Waals surface area contributed by atoms with E-state index >= 15 is 0 Å². The van der Waals surface area contributed by atoms with E-state index in [4.69, 9.17) is 9.47 Å². The van der Waals surface area contributed by atoms with Gasteiger partial charge in [-0.2, -0.15) is 5.10 Å². The minimum atomic E-state index is 0.303. The van der Waals surface area contributed by atoms with Crippen LogP contribution in [-0.4, -0.2) is 13.0 Å². The first-order valence-electron chi connectivity index (χ1n) is 4.32. The highest BCUT2D eigenvalue weighted by Gasteiger charge is 2.15. The van der Waals surface area contributed by atoms with Crippen LogP contribution in [0.4, 0.5) is 0 Å². The van der Waals surface area contributed by atoms with E-state index in [1.165, 1.54) is 0 Å². The lowest BCUT2D eigenvalue weighted by Gasteiger charge is -2.01. The van der Waals surface area contributed by atoms with Crippen molar-refractivity contribution in [2.45, 2.75) is 0 Å². The van der Waals surface area contributed by atoms with Gasteiger partial charge >= 0.3 is 0 Å². The molecule has 0 aromatic heterocycles. The summed E-state index contributed by atoms with van der Waals surface area (Å²) in [5.41, 5.74) is 4.87. The molecule has 3 rings (SSSR count). The molecule has 0 radical (unpaired) electrons. The summed E-state index contributed by atoms with van der Waals surface area (Å²) in [5, 5.41) is 3.98. The third-order valence-corrected chi connectivity index (χ3v) is 2.19. The molecule has 4 nitrogen and oxygen atoms in total. The summed E-state index contributed by atoms with van der Waals surface area (Å²) in [6.07, 6.45) is 5.49. The lowest BCUT2D eigenvalue weighted by molar-refractivity contribution is 0.174. The Labute approximate surface area is 80.8 Å². The zero-order valence-corrected chi connectivity index (χ0v) is 7.36. The third kappa shape index (κ3) is 1.04. The van der Waals surface area contributed by atoms with Crippen molar-refractivity contribution < 1.29 is 9.47 Å². The predicted octanol–water partition coefficient (Wildman–Crippen LogP) is 1.32. The number of rotatable bonds is 0. The maximum atomic E-state index is 5.28. The third-order valence-electron chi connectivity index (χ3n) is 2.19. The van der Waals surface area contributed by atoms with E-state index < -0.39 is 0 Å². The van der Waals surface area contributed by atoms with E-state index in [1.54, 1.807) is 12.4 Å². The second kappa shape index (κ2) is 2.77. The molecule has 0 unspecified atom stereocenters. The fourth-order valence-corrected chi connectivity index (χ4v) is 1.51. The summed E-state index contributed by atoms with van der Waals surface area (Å²) < 4.78 is 10.6. The second-order valence-electron chi connectivity index (χ2n) is 3.06. The second-order valence-corrected chi connectivity index (χ2v) is 3.06. The number of ether oxygens (including phenoxy) is 2. The number of nitrogens with one attached hydrogen (secondary N) is 1. The minimum Gasteiger partial charge on any atom is -0.454 e. The van der Waals surface area contributed by atoms with Crippen LogP contribution in [-0.2, 0) is 0 Å². The molecule has 2 heterocycles. The lowest BCUT2D eigenvalue weighted by atomic mass is 10.1. The summed E-state index contributed by atoms with van der Waals surface area (Å²) in [6.45, 7) is 0.303. The highest BCUT2D eigenvalue weighted by molar-refractivity contribution is 5.87. The van der Waals surface area contributed by atoms with Gasteiger partial charge in [0.2, 0.25) is 6.79 Å². The van der Waals surface area contributed by atoms with E-state index in [2.05, 4.69) is 10.5 Å². The largest absolute Gasteiger partial charge is 0.454 e. The van der Waals surface area contributed by atoms with Gasteiger partial charge in [0.05, 0.1) is 6.21 Å². The number of benzene rings is 1. The molecule has 0 saturated carbocycles. The molecule has 1 aromatic carbocycles. The zero-order valence-electron chi connectivity index (χ0n) is 7.36. The van der Waals surface area contributed by atoms with Gasteiger partial charge in [-0.3, -0.25) is 5.43 Å². The summed E-state index contributed by atoms with van der Waals surface area (Å²) in [4.78, 5) is 0. The molecule has 0 amide bonds. The van der Waals surface area contributed by atoms with Crippen molar-refractivity contribution in [2.24, 2.45) is 5.10 Å². The molecule has 70 valence electrons. The maximum absolute atomic E-state index is 5.28. The van der Waals surface area contributed by atoms with Crippen molar-refractivity contribution in [2.75, 3.05) is 6.79 Å². The molecule has 0 bridgehead atoms. The molecule has 1 aromatic rings. The molecule has 0 fully saturated rings. The van der Waals surface area contributed by atoms with Gasteiger partial charge in [-0.05, 0) is 23.8 Å². The van der Waals surface area contributed by atoms with Gasteiger partial charge in [-0.25, -0.2) is 0 Å². The van der Waals surface area contributed by atoms with Crippen molar-refractivity contribution in [1.29, 1.82) is 0 Å². The topological polar surface area (TPSA) is 42.9 Å². The monoisotopic (exact) mass is 188 g/mol. The van der Waals surface area contributed by atoms with E-state index in [0.29, 0.717) is 6.79 Å². The number of hydrogen-bond donors (Lipinski definition) is 1. The highest BCUT2D eigenvalue weighted by Crippen LogP contribution is 2.34. The smallest absolute Gasteiger partial charge is 0.231 e. The fourth-order valence-electron chi connectivity index (χ4n) is 1.51. The van der Waals surface area contributed by atoms with E-state index in [-0.39, 0.29) is 0 Å². The van der Waals surface area contributed by atoms with Gasteiger partial charge in [-0.1, -0.05) is 0 Å². The first-order chi connectivity index (χ1) is 6.93. The fraction of sp³-hybridized carbons (Fsp3) is 0.100. The van der Waals surface area contributed by atoms with Crippen LogP contribution in [0.15, 0.2) is 23.4 Å². The molecular weight excluding hydrogens is 180 g/mol. The SMILES string of the molecule is C1=Cc2cc3c(cc2C=NN1)OCO3. The molecule has 4 heteroatoms. The Morgan fingerprint density at radius 2 is 1.93 bits per heavy atom. The average Bonchev–Trinajstić information content (AvgIpc) is 2.51. The van der Waals surface area contributed by atoms with Crippen LogP contribution >= 0.6 is 0 Å². The number of hydrazone groups is 1. The molecule has 2 aliphatic rings. The Bertz CT molecular complexity index is 399. The summed E-state index contributed by atoms with van der Waals surface area (Å²) in [7, 11) is 0. The van der Waals surface area contributed by atoms with Crippen LogP contribution in [0.25, 0.3) is 6.08 Å². The summed E-state index contributed by atoms with van der Waals surface area (Å²) in [6, 6.07) is 3.88. The van der Waals surface area contributed by atoms with Crippen molar-refractivity contribution in [3.05, 3.63) is 29.5 Å². The van der Waals surface area contributed by atoms with Gasteiger partial charge in [-0.15, -0.1) is 0 Å². The first kappa shape index (κ1) is 7.44. The van der Waals surface area contributed by atoms with Crippen LogP contribution in [0.1, 0.15) is 11.1 Å². The van der Waals surface area contributed by atoms with Crippen LogP contribution in [0.3, 0.4) is 0 Å². The number of fused-ring (bicyclic) bond motifs is 2. The predicted molar refractivity (Wildman–Crippen MR) is 52.3 cm³/mol. The Balaban J connectivity index is 2.20. The van der Waals surface area contributed by atoms with Crippen LogP contribution in [0, 0.1) is 0 Å². The van der Waals surface area contributed by atoms with E-state index in [1.807, 2.05) is 18.2 Å². The van der Waals surface area contributed by atoms with Crippen LogP contribution < -0.4 is 14.9 Å². The Hall–Kier alpha value is -1.97. The molecule has 0 atom stereocenters. The highest BCUT2D eigenvalue weighted by atomic mass is 16.7. The van der Waals surface area contributed by atoms with Gasteiger partial charge in [0.25, 0.3) is 0 Å². The van der Waals surface area contributed by atoms with Crippen LogP contribution in [0.2, 0.25) is 0 Å². The normalized spacial score (nSPS) is 16.0. The molecule has 0 saturated heterocycles. The molecule has 2 aliphatic heterocycles. The Morgan fingerprint density at radius 1 is 1.14 bits per heavy atom. The molecule has 14 heavy (non-hydrogen) atoms. The quantitative estimate of drug-likeness (QED) is 0.667. The zero-order chi connectivity index (χ0) is 9.38. The van der Waals surface area contributed by atoms with E-state index in [0.717, 1.165) is 22.6 Å². The summed E-state index contributed by atoms with van der Waals surface area (Å²) >= 11 is 0. The van der Waals surface area contributed by atoms with E-state index in [9.17, 15) is 0 Å². The maximum Gasteiger partial charge on any atom is 0.231 e. The van der Waals surface area contributed by atoms with Crippen LogP contribution in [0.5, 0.6) is 11.5 Å². The Kier molecular flexibility index (Phi) is 1.47. The number of nitrogens with zero attached hydrogens (tertiary/aromatic N) is 1. The minimum absolute atomic E-state index is 0.303. The molecular formula is C10H8N2O2. The van der Waals surface area contributed by atoms with Gasteiger partial charge < -0.3 is 9.47 Å².